The van der Waals surface area contributed by atoms with Crippen LogP contribution in [-0.2, 0) is 10.9 Å². The lowest BCUT2D eigenvalue weighted by atomic mass is 10.0. The van der Waals surface area contributed by atoms with Gasteiger partial charge in [-0.1, -0.05) is 12.1 Å². The van der Waals surface area contributed by atoms with Gasteiger partial charge in [0.05, 0.1) is 24.9 Å². The molecule has 0 aromatic heterocycles. The summed E-state index contributed by atoms with van der Waals surface area (Å²) in [5, 5.41) is 13.4. The number of nitrogens with one attached hydrogen (secondary N) is 1. The average Bonchev–Trinajstić information content (AvgIpc) is 2.55. The molecule has 0 amide bonds. The fourth-order valence-electron chi connectivity index (χ4n) is 2.81. The second kappa shape index (κ2) is 7.82. The first-order valence-corrected chi connectivity index (χ1v) is 8.09. The first kappa shape index (κ1) is 19.2. The van der Waals surface area contributed by atoms with Gasteiger partial charge in [-0.15, -0.1) is 0 Å². The number of alkyl halides is 3. The Morgan fingerprint density at radius 1 is 1.17 bits per heavy atom. The third-order valence-electron chi connectivity index (χ3n) is 4.39. The topological polar surface area (TPSA) is 44.7 Å². The van der Waals surface area contributed by atoms with Crippen molar-refractivity contribution >= 4 is 0 Å². The zero-order valence-electron chi connectivity index (χ0n) is 14.1. The first-order valence-electron chi connectivity index (χ1n) is 8.09. The molecule has 1 aromatic carbocycles. The molecule has 0 aliphatic carbocycles. The van der Waals surface area contributed by atoms with Crippen LogP contribution in [-0.4, -0.2) is 54.9 Å². The standard InChI is InChI=1S/C17H25F3N2O2/c1-16(2,22-7-9-24-10-8-22)12-21-11-15(23)13-3-5-14(6-4-13)17(18,19)20/h3-6,15,21,23H,7-12H2,1-2H3. The van der Waals surface area contributed by atoms with Crippen LogP contribution >= 0.6 is 0 Å². The Hall–Kier alpha value is -1.15. The van der Waals surface area contributed by atoms with E-state index in [0.29, 0.717) is 18.7 Å². The van der Waals surface area contributed by atoms with Gasteiger partial charge in [0.15, 0.2) is 0 Å². The Labute approximate surface area is 140 Å². The number of benzene rings is 1. The lowest BCUT2D eigenvalue weighted by molar-refractivity contribution is -0.137. The van der Waals surface area contributed by atoms with Gasteiger partial charge in [0, 0.05) is 31.7 Å². The normalized spacial score (nSPS) is 18.6. The Morgan fingerprint density at radius 2 is 1.75 bits per heavy atom. The van der Waals surface area contributed by atoms with E-state index in [9.17, 15) is 18.3 Å². The van der Waals surface area contributed by atoms with Crippen molar-refractivity contribution in [3.63, 3.8) is 0 Å². The van der Waals surface area contributed by atoms with Gasteiger partial charge in [-0.2, -0.15) is 13.2 Å². The minimum atomic E-state index is -4.36. The molecular weight excluding hydrogens is 321 g/mol. The van der Waals surface area contributed by atoms with Crippen molar-refractivity contribution in [1.82, 2.24) is 10.2 Å². The van der Waals surface area contributed by atoms with Gasteiger partial charge in [-0.3, -0.25) is 4.90 Å². The first-order chi connectivity index (χ1) is 11.2. The maximum Gasteiger partial charge on any atom is 0.416 e. The number of rotatable bonds is 6. The Bertz CT molecular complexity index is 512. The molecule has 1 aliphatic heterocycles. The van der Waals surface area contributed by atoms with Crippen LogP contribution in [0.2, 0.25) is 0 Å². The number of halogens is 3. The summed E-state index contributed by atoms with van der Waals surface area (Å²) in [6.07, 6.45) is -5.20. The monoisotopic (exact) mass is 346 g/mol. The van der Waals surface area contributed by atoms with Crippen LogP contribution in [0.1, 0.15) is 31.1 Å². The van der Waals surface area contributed by atoms with Gasteiger partial charge >= 0.3 is 6.18 Å². The highest BCUT2D eigenvalue weighted by Gasteiger charge is 2.30. The molecule has 2 N–H and O–H groups in total. The van der Waals surface area contributed by atoms with Crippen LogP contribution in [0.3, 0.4) is 0 Å². The van der Waals surface area contributed by atoms with Crippen molar-refractivity contribution < 1.29 is 23.0 Å². The molecule has 0 radical (unpaired) electrons. The number of hydrogen-bond acceptors (Lipinski definition) is 4. The number of morpholine rings is 1. The predicted octanol–water partition coefficient (Wildman–Crippen LogP) is 2.44. The molecule has 4 nitrogen and oxygen atoms in total. The second-order valence-corrected chi connectivity index (χ2v) is 6.68. The van der Waals surface area contributed by atoms with Crippen LogP contribution in [0.4, 0.5) is 13.2 Å². The molecule has 1 aromatic rings. The van der Waals surface area contributed by atoms with Gasteiger partial charge in [0.1, 0.15) is 0 Å². The summed E-state index contributed by atoms with van der Waals surface area (Å²) >= 11 is 0. The second-order valence-electron chi connectivity index (χ2n) is 6.68. The Balaban J connectivity index is 1.83. The fourth-order valence-corrected chi connectivity index (χ4v) is 2.81. The van der Waals surface area contributed by atoms with E-state index in [2.05, 4.69) is 24.1 Å². The highest BCUT2D eigenvalue weighted by Crippen LogP contribution is 2.29. The quantitative estimate of drug-likeness (QED) is 0.831. The lowest BCUT2D eigenvalue weighted by Gasteiger charge is -2.41. The van der Waals surface area contributed by atoms with Crippen molar-refractivity contribution in [1.29, 1.82) is 0 Å². The maximum atomic E-state index is 12.5. The average molecular weight is 346 g/mol. The van der Waals surface area contributed by atoms with Crippen LogP contribution in [0.15, 0.2) is 24.3 Å². The number of aliphatic hydroxyl groups is 1. The van der Waals surface area contributed by atoms with Gasteiger partial charge in [0.25, 0.3) is 0 Å². The van der Waals surface area contributed by atoms with E-state index in [1.807, 2.05) is 0 Å². The molecule has 7 heteroatoms. The molecule has 1 unspecified atom stereocenters. The van der Waals surface area contributed by atoms with Crippen molar-refractivity contribution in [2.45, 2.75) is 31.7 Å². The summed E-state index contributed by atoms with van der Waals surface area (Å²) in [7, 11) is 0. The van der Waals surface area contributed by atoms with Gasteiger partial charge in [-0.25, -0.2) is 0 Å². The smallest absolute Gasteiger partial charge is 0.387 e. The van der Waals surface area contributed by atoms with E-state index in [-0.39, 0.29) is 5.54 Å². The summed E-state index contributed by atoms with van der Waals surface area (Å²) < 4.78 is 43.0. The van der Waals surface area contributed by atoms with E-state index in [0.717, 1.165) is 38.4 Å². The van der Waals surface area contributed by atoms with Crippen LogP contribution in [0, 0.1) is 0 Å². The van der Waals surface area contributed by atoms with Crippen molar-refractivity contribution in [3.05, 3.63) is 35.4 Å². The van der Waals surface area contributed by atoms with Crippen molar-refractivity contribution in [3.8, 4) is 0 Å². The molecule has 0 saturated carbocycles. The summed E-state index contributed by atoms with van der Waals surface area (Å²) in [5.74, 6) is 0. The van der Waals surface area contributed by atoms with Crippen LogP contribution in [0.25, 0.3) is 0 Å². The summed E-state index contributed by atoms with van der Waals surface area (Å²) in [6.45, 7) is 8.39. The molecule has 1 saturated heterocycles. The molecule has 1 atom stereocenters. The highest BCUT2D eigenvalue weighted by atomic mass is 19.4. The number of ether oxygens (including phenoxy) is 1. The van der Waals surface area contributed by atoms with Crippen LogP contribution in [0.5, 0.6) is 0 Å². The molecule has 136 valence electrons. The molecule has 24 heavy (non-hydrogen) atoms. The summed E-state index contributed by atoms with van der Waals surface area (Å²) in [6, 6.07) is 4.64. The number of nitrogens with zero attached hydrogens (tertiary/aromatic N) is 1. The van der Waals surface area contributed by atoms with Crippen molar-refractivity contribution in [2.75, 3.05) is 39.4 Å². The zero-order valence-corrected chi connectivity index (χ0v) is 14.1. The minimum Gasteiger partial charge on any atom is -0.387 e. The molecular formula is C17H25F3N2O2. The molecule has 1 heterocycles. The predicted molar refractivity (Wildman–Crippen MR) is 85.7 cm³/mol. The van der Waals surface area contributed by atoms with Crippen LogP contribution < -0.4 is 5.32 Å². The van der Waals surface area contributed by atoms with E-state index < -0.39 is 17.8 Å². The lowest BCUT2D eigenvalue weighted by Crippen LogP contribution is -2.55. The molecule has 0 spiro atoms. The SMILES string of the molecule is CC(C)(CNCC(O)c1ccc(C(F)(F)F)cc1)N1CCOCC1. The molecule has 2 rings (SSSR count). The largest absolute Gasteiger partial charge is 0.416 e. The van der Waals surface area contributed by atoms with E-state index in [1.165, 1.54) is 12.1 Å². The third kappa shape index (κ3) is 5.17. The summed E-state index contributed by atoms with van der Waals surface area (Å²) in [5.41, 5.74) is -0.316. The third-order valence-corrected chi connectivity index (χ3v) is 4.39. The van der Waals surface area contributed by atoms with E-state index in [1.54, 1.807) is 0 Å². The molecule has 1 fully saturated rings. The van der Waals surface area contributed by atoms with E-state index >= 15 is 0 Å². The van der Waals surface area contributed by atoms with Crippen molar-refractivity contribution in [2.24, 2.45) is 0 Å². The summed E-state index contributed by atoms with van der Waals surface area (Å²) in [4.78, 5) is 2.33. The van der Waals surface area contributed by atoms with Gasteiger partial charge < -0.3 is 15.2 Å². The molecule has 1 aliphatic rings. The minimum absolute atomic E-state index is 0.0797. The highest BCUT2D eigenvalue weighted by molar-refractivity contribution is 5.26. The molecule has 0 bridgehead atoms. The maximum absolute atomic E-state index is 12.5. The Morgan fingerprint density at radius 3 is 2.29 bits per heavy atom. The van der Waals surface area contributed by atoms with Gasteiger partial charge in [0.2, 0.25) is 0 Å². The number of aliphatic hydroxyl groups excluding tert-OH is 1. The van der Waals surface area contributed by atoms with E-state index in [4.69, 9.17) is 4.74 Å². The van der Waals surface area contributed by atoms with Gasteiger partial charge in [-0.05, 0) is 31.5 Å². The zero-order chi connectivity index (χ0) is 17.8. The number of hydrogen-bond donors (Lipinski definition) is 2. The Kier molecular flexibility index (Phi) is 6.25. The fraction of sp³-hybridized carbons (Fsp3) is 0.647.